The monoisotopic (exact) mass is 341 g/mol. The first-order valence-corrected chi connectivity index (χ1v) is 8.27. The molecule has 0 atom stereocenters. The van der Waals surface area contributed by atoms with E-state index in [1.54, 1.807) is 6.20 Å². The molecule has 7 heteroatoms. The standard InChI is InChI=1S/C19H15N7/c1-12-23-25-19-22-18(21-14-5-3-2-4-6-14)15-8-7-13(11-17(15)26(12)19)16-9-10-20-24-16/h2-11H,1H3,(H,20,24)(H,21,22,25). The van der Waals surface area contributed by atoms with Crippen LogP contribution in [0.2, 0.25) is 0 Å². The molecule has 7 nitrogen and oxygen atoms in total. The molecule has 5 rings (SSSR count). The van der Waals surface area contributed by atoms with Crippen LogP contribution < -0.4 is 5.32 Å². The molecular formula is C19H15N7. The Balaban J connectivity index is 1.77. The maximum Gasteiger partial charge on any atom is 0.257 e. The van der Waals surface area contributed by atoms with Crippen LogP contribution in [0.25, 0.3) is 27.9 Å². The van der Waals surface area contributed by atoms with E-state index >= 15 is 0 Å². The van der Waals surface area contributed by atoms with Crippen LogP contribution in [0, 0.1) is 6.92 Å². The summed E-state index contributed by atoms with van der Waals surface area (Å²) in [5, 5.41) is 19.8. The highest BCUT2D eigenvalue weighted by atomic mass is 15.3. The number of anilines is 2. The van der Waals surface area contributed by atoms with Crippen LogP contribution >= 0.6 is 0 Å². The van der Waals surface area contributed by atoms with Gasteiger partial charge in [0, 0.05) is 22.8 Å². The van der Waals surface area contributed by atoms with E-state index in [-0.39, 0.29) is 0 Å². The van der Waals surface area contributed by atoms with Crippen molar-refractivity contribution >= 4 is 28.2 Å². The molecule has 2 N–H and O–H groups in total. The summed E-state index contributed by atoms with van der Waals surface area (Å²) in [5.74, 6) is 2.11. The third kappa shape index (κ3) is 2.29. The van der Waals surface area contributed by atoms with Gasteiger partial charge in [0.2, 0.25) is 0 Å². The first kappa shape index (κ1) is 14.6. The molecule has 126 valence electrons. The number of para-hydroxylation sites is 1. The molecule has 26 heavy (non-hydrogen) atoms. The van der Waals surface area contributed by atoms with Crippen LogP contribution in [0.1, 0.15) is 5.82 Å². The fourth-order valence-corrected chi connectivity index (χ4v) is 3.12. The van der Waals surface area contributed by atoms with E-state index in [4.69, 9.17) is 0 Å². The summed E-state index contributed by atoms with van der Waals surface area (Å²) >= 11 is 0. The number of benzene rings is 2. The van der Waals surface area contributed by atoms with Crippen molar-refractivity contribution in [3.8, 4) is 11.3 Å². The van der Waals surface area contributed by atoms with Crippen LogP contribution in [0.4, 0.5) is 11.5 Å². The number of rotatable bonds is 3. The number of H-pyrrole nitrogens is 1. The van der Waals surface area contributed by atoms with Crippen LogP contribution in [0.3, 0.4) is 0 Å². The van der Waals surface area contributed by atoms with Crippen molar-refractivity contribution in [2.24, 2.45) is 0 Å². The van der Waals surface area contributed by atoms with Crippen LogP contribution in [0.15, 0.2) is 60.8 Å². The third-order valence-electron chi connectivity index (χ3n) is 4.36. The number of hydrogen-bond donors (Lipinski definition) is 2. The zero-order chi connectivity index (χ0) is 17.5. The molecule has 0 saturated heterocycles. The summed E-state index contributed by atoms with van der Waals surface area (Å²) in [7, 11) is 0. The molecule has 0 saturated carbocycles. The number of aryl methyl sites for hydroxylation is 1. The van der Waals surface area contributed by atoms with Gasteiger partial charge in [-0.25, -0.2) is 0 Å². The maximum atomic E-state index is 4.67. The van der Waals surface area contributed by atoms with Gasteiger partial charge in [0.15, 0.2) is 0 Å². The summed E-state index contributed by atoms with van der Waals surface area (Å²) in [4.78, 5) is 4.67. The minimum Gasteiger partial charge on any atom is -0.340 e. The van der Waals surface area contributed by atoms with Crippen molar-refractivity contribution in [3.05, 3.63) is 66.6 Å². The lowest BCUT2D eigenvalue weighted by molar-refractivity contribution is 1.02. The minimum absolute atomic E-state index is 0.565. The molecule has 0 aliphatic heterocycles. The Morgan fingerprint density at radius 3 is 2.69 bits per heavy atom. The van der Waals surface area contributed by atoms with E-state index in [0.717, 1.165) is 39.5 Å². The normalized spacial score (nSPS) is 11.3. The van der Waals surface area contributed by atoms with Crippen molar-refractivity contribution in [3.63, 3.8) is 0 Å². The fraction of sp³-hybridized carbons (Fsp3) is 0.0526. The van der Waals surface area contributed by atoms with Gasteiger partial charge in [-0.1, -0.05) is 24.3 Å². The second-order valence-corrected chi connectivity index (χ2v) is 6.04. The fourth-order valence-electron chi connectivity index (χ4n) is 3.12. The Labute approximate surface area is 148 Å². The van der Waals surface area contributed by atoms with Crippen LogP contribution in [0.5, 0.6) is 0 Å². The molecule has 0 radical (unpaired) electrons. The van der Waals surface area contributed by atoms with E-state index in [1.807, 2.05) is 47.7 Å². The summed E-state index contributed by atoms with van der Waals surface area (Å²) < 4.78 is 1.96. The van der Waals surface area contributed by atoms with Crippen LogP contribution in [-0.2, 0) is 0 Å². The van der Waals surface area contributed by atoms with Gasteiger partial charge in [-0.15, -0.1) is 10.2 Å². The first-order chi connectivity index (χ1) is 12.8. The molecule has 0 unspecified atom stereocenters. The average molecular weight is 341 g/mol. The molecule has 3 aromatic heterocycles. The van der Waals surface area contributed by atoms with E-state index in [9.17, 15) is 0 Å². The Bertz CT molecular complexity index is 1210. The quantitative estimate of drug-likeness (QED) is 0.522. The van der Waals surface area contributed by atoms with Gasteiger partial charge in [0.1, 0.15) is 11.6 Å². The molecule has 0 aliphatic carbocycles. The zero-order valence-electron chi connectivity index (χ0n) is 14.0. The second kappa shape index (κ2) is 5.66. The highest BCUT2D eigenvalue weighted by Gasteiger charge is 2.13. The van der Waals surface area contributed by atoms with E-state index in [1.165, 1.54) is 0 Å². The van der Waals surface area contributed by atoms with Crippen molar-refractivity contribution in [1.29, 1.82) is 0 Å². The lowest BCUT2D eigenvalue weighted by Crippen LogP contribution is -2.01. The first-order valence-electron chi connectivity index (χ1n) is 8.27. The summed E-state index contributed by atoms with van der Waals surface area (Å²) in [6.45, 7) is 1.92. The number of fused-ring (bicyclic) bond motifs is 3. The van der Waals surface area contributed by atoms with Crippen molar-refractivity contribution in [1.82, 2.24) is 29.8 Å². The van der Waals surface area contributed by atoms with Gasteiger partial charge in [0.05, 0.1) is 11.2 Å². The second-order valence-electron chi connectivity index (χ2n) is 6.04. The molecule has 0 aliphatic rings. The third-order valence-corrected chi connectivity index (χ3v) is 4.36. The molecule has 0 amide bonds. The summed E-state index contributed by atoms with van der Waals surface area (Å²) in [6.07, 6.45) is 1.74. The Hall–Kier alpha value is -3.74. The smallest absolute Gasteiger partial charge is 0.257 e. The topological polar surface area (TPSA) is 83.8 Å². The molecule has 5 aromatic rings. The average Bonchev–Trinajstić information content (AvgIpc) is 3.33. The molecular weight excluding hydrogens is 326 g/mol. The van der Waals surface area contributed by atoms with E-state index < -0.39 is 0 Å². The predicted octanol–water partition coefficient (Wildman–Crippen LogP) is 3.72. The minimum atomic E-state index is 0.565. The van der Waals surface area contributed by atoms with Crippen molar-refractivity contribution < 1.29 is 0 Å². The molecule has 3 heterocycles. The number of nitrogens with one attached hydrogen (secondary N) is 2. The highest BCUT2D eigenvalue weighted by Crippen LogP contribution is 2.29. The lowest BCUT2D eigenvalue weighted by Gasteiger charge is -2.11. The Morgan fingerprint density at radius 2 is 1.88 bits per heavy atom. The van der Waals surface area contributed by atoms with E-state index in [2.05, 4.69) is 48.9 Å². The van der Waals surface area contributed by atoms with Crippen LogP contribution in [-0.4, -0.2) is 29.8 Å². The van der Waals surface area contributed by atoms with E-state index in [0.29, 0.717) is 5.78 Å². The van der Waals surface area contributed by atoms with Crippen molar-refractivity contribution in [2.45, 2.75) is 6.92 Å². The number of hydrogen-bond acceptors (Lipinski definition) is 5. The van der Waals surface area contributed by atoms with Gasteiger partial charge in [-0.2, -0.15) is 10.1 Å². The van der Waals surface area contributed by atoms with Gasteiger partial charge in [-0.3, -0.25) is 9.50 Å². The molecule has 0 spiro atoms. The zero-order valence-corrected chi connectivity index (χ0v) is 14.0. The van der Waals surface area contributed by atoms with Gasteiger partial charge < -0.3 is 5.32 Å². The molecule has 0 fully saturated rings. The molecule has 0 bridgehead atoms. The van der Waals surface area contributed by atoms with Gasteiger partial charge in [-0.05, 0) is 37.3 Å². The van der Waals surface area contributed by atoms with Gasteiger partial charge in [0.25, 0.3) is 5.78 Å². The maximum absolute atomic E-state index is 4.67. The largest absolute Gasteiger partial charge is 0.340 e. The SMILES string of the molecule is Cc1nnc2nc(Nc3ccccc3)c3ccc(-c4ccn[nH]4)cc3n12. The van der Waals surface area contributed by atoms with Crippen molar-refractivity contribution in [2.75, 3.05) is 5.32 Å². The lowest BCUT2D eigenvalue weighted by atomic mass is 10.1. The number of nitrogens with zero attached hydrogens (tertiary/aromatic N) is 5. The summed E-state index contributed by atoms with van der Waals surface area (Å²) in [6, 6.07) is 18.1. The Morgan fingerprint density at radius 1 is 1.00 bits per heavy atom. The number of aromatic nitrogens is 6. The van der Waals surface area contributed by atoms with Gasteiger partial charge >= 0.3 is 0 Å². The Kier molecular flexibility index (Phi) is 3.18. The molecule has 2 aromatic carbocycles. The number of aromatic amines is 1. The summed E-state index contributed by atoms with van der Waals surface area (Å²) in [5.41, 5.74) is 3.96. The predicted molar refractivity (Wildman–Crippen MR) is 100 cm³/mol. The highest BCUT2D eigenvalue weighted by molar-refractivity contribution is 5.95.